The molecule has 180 valence electrons. The summed E-state index contributed by atoms with van der Waals surface area (Å²) in [7, 11) is 1.60. The lowest BCUT2D eigenvalue weighted by molar-refractivity contribution is -0.142. The summed E-state index contributed by atoms with van der Waals surface area (Å²) in [6.45, 7) is 1.93. The van der Waals surface area contributed by atoms with Crippen LogP contribution in [0.15, 0.2) is 77.3 Å². The highest BCUT2D eigenvalue weighted by Gasteiger charge is 2.60. The third-order valence-corrected chi connectivity index (χ3v) is 7.86. The molecule has 1 saturated heterocycles. The van der Waals surface area contributed by atoms with Crippen LogP contribution in [0, 0.1) is 24.7 Å². The molecule has 0 aromatic heterocycles. The molecule has 6 nitrogen and oxygen atoms in total. The van der Waals surface area contributed by atoms with Gasteiger partial charge in [-0.25, -0.2) is 4.90 Å². The Hall–Kier alpha value is -3.71. The number of carbonyl (C=O) groups excluding carboxylic acids is 3. The smallest absolute Gasteiger partial charge is 0.319 e. The summed E-state index contributed by atoms with van der Waals surface area (Å²) in [4.78, 5) is 42.4. The number of allylic oxidation sites excluding steroid dienone is 1. The van der Waals surface area contributed by atoms with E-state index >= 15 is 0 Å². The largest absolute Gasteiger partial charge is 0.497 e. The minimum Gasteiger partial charge on any atom is -0.497 e. The quantitative estimate of drug-likeness (QED) is 0.255. The number of aryl methyl sites for hydroxylation is 1. The topological polar surface area (TPSA) is 72.9 Å². The maximum Gasteiger partial charge on any atom is 0.319 e. The Kier molecular flexibility index (Phi) is 5.34. The number of rotatable bonds is 3. The second-order valence-corrected chi connectivity index (χ2v) is 10.3. The molecule has 36 heavy (non-hydrogen) atoms. The number of methoxy groups -OCH3 is 1. The fourth-order valence-electron chi connectivity index (χ4n) is 5.66. The Bertz CT molecular complexity index is 1440. The minimum absolute atomic E-state index is 0.314. The van der Waals surface area contributed by atoms with Crippen LogP contribution in [-0.2, 0) is 14.4 Å². The van der Waals surface area contributed by atoms with Crippen LogP contribution in [0.5, 0.6) is 11.5 Å². The van der Waals surface area contributed by atoms with Gasteiger partial charge in [-0.1, -0.05) is 46.3 Å². The van der Waals surface area contributed by atoms with Crippen molar-refractivity contribution in [2.75, 3.05) is 12.0 Å². The van der Waals surface area contributed by atoms with Crippen LogP contribution in [0.2, 0.25) is 0 Å². The molecule has 0 spiro atoms. The van der Waals surface area contributed by atoms with E-state index in [9.17, 15) is 14.4 Å². The summed E-state index contributed by atoms with van der Waals surface area (Å²) in [6, 6.07) is 20.3. The van der Waals surface area contributed by atoms with Gasteiger partial charge >= 0.3 is 5.97 Å². The van der Waals surface area contributed by atoms with Gasteiger partial charge in [-0.05, 0) is 66.1 Å². The molecule has 4 atom stereocenters. The number of hydrogen-bond acceptors (Lipinski definition) is 5. The van der Waals surface area contributed by atoms with Crippen molar-refractivity contribution >= 4 is 45.0 Å². The first-order chi connectivity index (χ1) is 17.4. The Balaban J connectivity index is 1.54. The molecule has 2 heterocycles. The number of amides is 2. The molecule has 0 saturated carbocycles. The van der Waals surface area contributed by atoms with Gasteiger partial charge in [-0.2, -0.15) is 0 Å². The predicted molar refractivity (Wildman–Crippen MR) is 138 cm³/mol. The van der Waals surface area contributed by atoms with Gasteiger partial charge in [-0.15, -0.1) is 0 Å². The van der Waals surface area contributed by atoms with E-state index in [0.29, 0.717) is 17.2 Å². The molecule has 1 fully saturated rings. The highest BCUT2D eigenvalue weighted by molar-refractivity contribution is 9.10. The molecule has 3 aliphatic rings. The third-order valence-electron chi connectivity index (χ3n) is 7.34. The molecule has 0 bridgehead atoms. The van der Waals surface area contributed by atoms with Crippen LogP contribution < -0.4 is 14.4 Å². The number of fused-ring (bicyclic) bond motifs is 5. The number of carbonyl (C=O) groups is 3. The summed E-state index contributed by atoms with van der Waals surface area (Å²) in [5.41, 5.74) is 3.85. The first-order valence-electron chi connectivity index (χ1n) is 11.7. The summed E-state index contributed by atoms with van der Waals surface area (Å²) < 4.78 is 11.9. The number of imide groups is 1. The lowest BCUT2D eigenvalue weighted by atomic mass is 9.64. The predicted octanol–water partition coefficient (Wildman–Crippen LogP) is 5.29. The lowest BCUT2D eigenvalue weighted by Gasteiger charge is -2.38. The van der Waals surface area contributed by atoms with Crippen molar-refractivity contribution in [3.63, 3.8) is 0 Å². The molecule has 2 amide bonds. The maximum atomic E-state index is 13.9. The Morgan fingerprint density at radius 1 is 0.889 bits per heavy atom. The van der Waals surface area contributed by atoms with Crippen LogP contribution in [0.1, 0.15) is 22.6 Å². The second kappa shape index (κ2) is 8.45. The lowest BCUT2D eigenvalue weighted by Crippen LogP contribution is -2.42. The molecule has 3 aromatic carbocycles. The standard InChI is InChI=1S/C29H22BrNO5/c1-15-3-12-20-22-14-21(16-4-10-19(35-2)11-5-16)24-26(25(22)29(34)36-23(20)13-15)28(33)31(27(24)32)18-8-6-17(30)7-9-18/h3-14,21,24-26H,1-2H3/t21-,24-,25-,26-/m0/s1. The Morgan fingerprint density at radius 3 is 2.28 bits per heavy atom. The first kappa shape index (κ1) is 22.7. The molecule has 0 radical (unpaired) electrons. The molecule has 0 N–H and O–H groups in total. The second-order valence-electron chi connectivity index (χ2n) is 9.36. The van der Waals surface area contributed by atoms with Crippen LogP contribution in [0.25, 0.3) is 5.57 Å². The normalized spacial score (nSPS) is 24.5. The zero-order valence-corrected chi connectivity index (χ0v) is 21.2. The van der Waals surface area contributed by atoms with Gasteiger partial charge in [0.15, 0.2) is 0 Å². The minimum atomic E-state index is -0.866. The molecule has 2 aliphatic heterocycles. The highest BCUT2D eigenvalue weighted by atomic mass is 79.9. The van der Waals surface area contributed by atoms with E-state index in [1.54, 1.807) is 31.4 Å². The van der Waals surface area contributed by atoms with E-state index in [4.69, 9.17) is 9.47 Å². The fraction of sp³-hybridized carbons (Fsp3) is 0.207. The molecule has 7 heteroatoms. The van der Waals surface area contributed by atoms with E-state index in [-0.39, 0.29) is 11.8 Å². The van der Waals surface area contributed by atoms with Gasteiger partial charge in [0.1, 0.15) is 11.5 Å². The van der Waals surface area contributed by atoms with E-state index in [0.717, 1.165) is 26.7 Å². The van der Waals surface area contributed by atoms with Crippen molar-refractivity contribution in [2.45, 2.75) is 12.8 Å². The highest BCUT2D eigenvalue weighted by Crippen LogP contribution is 2.54. The molecule has 0 unspecified atom stereocenters. The van der Waals surface area contributed by atoms with E-state index in [1.165, 1.54) is 4.90 Å². The van der Waals surface area contributed by atoms with Gasteiger partial charge < -0.3 is 9.47 Å². The van der Waals surface area contributed by atoms with E-state index < -0.39 is 29.6 Å². The fourth-order valence-corrected chi connectivity index (χ4v) is 5.93. The Morgan fingerprint density at radius 2 is 1.58 bits per heavy atom. The summed E-state index contributed by atoms with van der Waals surface area (Å²) in [5.74, 6) is -2.86. The van der Waals surface area contributed by atoms with Crippen LogP contribution in [0.4, 0.5) is 5.69 Å². The van der Waals surface area contributed by atoms with E-state index in [1.807, 2.05) is 55.5 Å². The molecule has 1 aliphatic carbocycles. The van der Waals surface area contributed by atoms with Crippen molar-refractivity contribution < 1.29 is 23.9 Å². The number of nitrogens with zero attached hydrogens (tertiary/aromatic N) is 1. The van der Waals surface area contributed by atoms with E-state index in [2.05, 4.69) is 15.9 Å². The average molecular weight is 544 g/mol. The number of ether oxygens (including phenoxy) is 2. The summed E-state index contributed by atoms with van der Waals surface area (Å²) in [5, 5.41) is 0. The van der Waals surface area contributed by atoms with Crippen molar-refractivity contribution in [3.8, 4) is 11.5 Å². The third kappa shape index (κ3) is 3.41. The molecular formula is C29H22BrNO5. The van der Waals surface area contributed by atoms with Crippen LogP contribution >= 0.6 is 15.9 Å². The van der Waals surface area contributed by atoms with Crippen molar-refractivity contribution in [3.05, 3.63) is 94.0 Å². The van der Waals surface area contributed by atoms with Gasteiger partial charge in [0, 0.05) is 16.0 Å². The van der Waals surface area contributed by atoms with Crippen LogP contribution in [0.3, 0.4) is 0 Å². The maximum absolute atomic E-state index is 13.9. The van der Waals surface area contributed by atoms with Gasteiger partial charge in [-0.3, -0.25) is 14.4 Å². The number of benzene rings is 3. The average Bonchev–Trinajstić information content (AvgIpc) is 3.14. The monoisotopic (exact) mass is 543 g/mol. The van der Waals surface area contributed by atoms with Gasteiger partial charge in [0.05, 0.1) is 30.6 Å². The van der Waals surface area contributed by atoms with Crippen molar-refractivity contribution in [1.29, 1.82) is 0 Å². The Labute approximate surface area is 216 Å². The number of hydrogen-bond donors (Lipinski definition) is 0. The van der Waals surface area contributed by atoms with Crippen molar-refractivity contribution in [2.24, 2.45) is 17.8 Å². The molecular weight excluding hydrogens is 522 g/mol. The zero-order chi connectivity index (χ0) is 25.1. The van der Waals surface area contributed by atoms with Crippen molar-refractivity contribution in [1.82, 2.24) is 0 Å². The van der Waals surface area contributed by atoms with Gasteiger partial charge in [0.2, 0.25) is 11.8 Å². The summed E-state index contributed by atoms with van der Waals surface area (Å²) in [6.07, 6.45) is 1.98. The van der Waals surface area contributed by atoms with Gasteiger partial charge in [0.25, 0.3) is 0 Å². The van der Waals surface area contributed by atoms with Crippen LogP contribution in [-0.4, -0.2) is 24.9 Å². The number of anilines is 1. The molecule has 6 rings (SSSR count). The summed E-state index contributed by atoms with van der Waals surface area (Å²) >= 11 is 3.40. The SMILES string of the molecule is COc1ccc([C@@H]2C=C3c4ccc(C)cc4OC(=O)[C@@H]3[C@H]3C(=O)N(c4ccc(Br)cc4)C(=O)[C@H]32)cc1. The first-order valence-corrected chi connectivity index (χ1v) is 12.5. The molecule has 3 aromatic rings. The zero-order valence-electron chi connectivity index (χ0n) is 19.6. The number of esters is 1. The number of halogens is 1.